The van der Waals surface area contributed by atoms with Gasteiger partial charge in [0.1, 0.15) is 0 Å². The summed E-state index contributed by atoms with van der Waals surface area (Å²) in [6.07, 6.45) is 3.91. The van der Waals surface area contributed by atoms with Crippen molar-refractivity contribution in [2.75, 3.05) is 33.1 Å². The number of carbonyl (C=O) groups excluding carboxylic acids is 3. The molecule has 3 aromatic rings. The van der Waals surface area contributed by atoms with Gasteiger partial charge in [-0.1, -0.05) is 41.4 Å². The molecule has 0 radical (unpaired) electrons. The van der Waals surface area contributed by atoms with E-state index >= 15 is 0 Å². The number of imide groups is 1. The van der Waals surface area contributed by atoms with Gasteiger partial charge in [-0.25, -0.2) is 14.4 Å². The lowest BCUT2D eigenvalue weighted by atomic mass is 10.0. The highest BCUT2D eigenvalue weighted by Gasteiger charge is 2.43. The van der Waals surface area contributed by atoms with Crippen LogP contribution in [0, 0.1) is 5.92 Å². The Labute approximate surface area is 246 Å². The first kappa shape index (κ1) is 30.1. The molecule has 0 saturated heterocycles. The number of aliphatic hydroxyl groups is 1. The van der Waals surface area contributed by atoms with Gasteiger partial charge in [0.25, 0.3) is 0 Å². The smallest absolute Gasteiger partial charge is 0.481 e. The number of halogens is 2. The average Bonchev–Trinajstić information content (AvgIpc) is 2.95. The highest BCUT2D eigenvalue weighted by molar-refractivity contribution is 6.39. The van der Waals surface area contributed by atoms with Gasteiger partial charge in [-0.05, 0) is 19.1 Å². The summed E-state index contributed by atoms with van der Waals surface area (Å²) >= 11 is 13.6. The van der Waals surface area contributed by atoms with Gasteiger partial charge < -0.3 is 20.5 Å². The first-order valence-electron chi connectivity index (χ1n) is 12.6. The van der Waals surface area contributed by atoms with Crippen molar-refractivity contribution < 1.29 is 28.8 Å². The molecule has 214 valence electrons. The van der Waals surface area contributed by atoms with Crippen LogP contribution in [0.15, 0.2) is 42.7 Å². The van der Waals surface area contributed by atoms with E-state index in [4.69, 9.17) is 27.9 Å². The van der Waals surface area contributed by atoms with Crippen LogP contribution < -0.4 is 15.4 Å². The number of anilines is 1. The number of benzene rings is 1. The first-order valence-corrected chi connectivity index (χ1v) is 13.3. The van der Waals surface area contributed by atoms with Crippen molar-refractivity contribution in [3.8, 4) is 28.3 Å². The molecule has 1 aromatic carbocycles. The number of urea groups is 1. The summed E-state index contributed by atoms with van der Waals surface area (Å²) in [5.74, 6) is -2.10. The van der Waals surface area contributed by atoms with Crippen LogP contribution in [0.4, 0.5) is 10.5 Å². The normalized spacial score (nSPS) is 15.9. The molecule has 0 bridgehead atoms. The number of hydrogen-bond donors (Lipinski definition) is 3. The molecule has 2 aromatic heterocycles. The monoisotopic (exact) mass is 599 g/mol. The second kappa shape index (κ2) is 12.7. The van der Waals surface area contributed by atoms with E-state index in [1.807, 2.05) is 6.07 Å². The van der Waals surface area contributed by atoms with Gasteiger partial charge in [-0.15, -0.1) is 0 Å². The number of rotatable bonds is 9. The van der Waals surface area contributed by atoms with Crippen LogP contribution in [-0.2, 0) is 16.1 Å². The Morgan fingerprint density at radius 3 is 2.59 bits per heavy atom. The Hall–Kier alpha value is -3.90. The minimum Gasteiger partial charge on any atom is -0.481 e. The van der Waals surface area contributed by atoms with Gasteiger partial charge in [0.2, 0.25) is 11.8 Å². The summed E-state index contributed by atoms with van der Waals surface area (Å²) in [5, 5.41) is 15.8. The highest BCUT2D eigenvalue weighted by Crippen LogP contribution is 2.41. The van der Waals surface area contributed by atoms with E-state index in [9.17, 15) is 19.5 Å². The lowest BCUT2D eigenvalue weighted by molar-refractivity contribution is -0.400. The molecule has 4 rings (SSSR count). The summed E-state index contributed by atoms with van der Waals surface area (Å²) in [6.45, 7) is 2.57. The Bertz CT molecular complexity index is 1540. The van der Waals surface area contributed by atoms with E-state index in [1.165, 1.54) is 32.0 Å². The lowest BCUT2D eigenvalue weighted by Crippen LogP contribution is -2.51. The Balaban J connectivity index is 1.63. The molecule has 1 unspecified atom stereocenters. The van der Waals surface area contributed by atoms with E-state index in [0.29, 0.717) is 46.4 Å². The van der Waals surface area contributed by atoms with E-state index in [2.05, 4.69) is 20.6 Å². The Morgan fingerprint density at radius 1 is 1.15 bits per heavy atom. The van der Waals surface area contributed by atoms with Crippen LogP contribution >= 0.6 is 23.2 Å². The Kier molecular flexibility index (Phi) is 9.34. The number of nitrogens with one attached hydrogen (secondary N) is 2. The maximum absolute atomic E-state index is 13.0. The van der Waals surface area contributed by atoms with E-state index < -0.39 is 29.9 Å². The van der Waals surface area contributed by atoms with Gasteiger partial charge in [0, 0.05) is 47.7 Å². The van der Waals surface area contributed by atoms with Crippen LogP contribution in [-0.4, -0.2) is 82.5 Å². The molecule has 41 heavy (non-hydrogen) atoms. The first-order chi connectivity index (χ1) is 19.5. The number of ether oxygens (including phenoxy) is 1. The van der Waals surface area contributed by atoms with Crippen molar-refractivity contribution in [3.05, 3.63) is 58.3 Å². The third-order valence-electron chi connectivity index (χ3n) is 6.43. The van der Waals surface area contributed by atoms with Crippen LogP contribution in [0.3, 0.4) is 0 Å². The summed E-state index contributed by atoms with van der Waals surface area (Å²) < 4.78 is 6.66. The fourth-order valence-electron chi connectivity index (χ4n) is 4.27. The number of methoxy groups -OCH3 is 1. The molecule has 1 aliphatic rings. The topological polar surface area (TPSA) is 137 Å². The highest BCUT2D eigenvalue weighted by atomic mass is 35.5. The summed E-state index contributed by atoms with van der Waals surface area (Å²) in [4.78, 5) is 47.4. The zero-order valence-electron chi connectivity index (χ0n) is 22.8. The lowest BCUT2D eigenvalue weighted by Gasteiger charge is -2.19. The molecule has 2 atom stereocenters. The predicted octanol–water partition coefficient (Wildman–Crippen LogP) is 3.46. The number of amides is 4. The molecule has 1 aliphatic heterocycles. The minimum atomic E-state index is -1.21. The summed E-state index contributed by atoms with van der Waals surface area (Å²) in [6, 6.07) is 8.13. The van der Waals surface area contributed by atoms with Crippen molar-refractivity contribution in [3.63, 3.8) is 0 Å². The van der Waals surface area contributed by atoms with Crippen molar-refractivity contribution in [1.82, 2.24) is 20.2 Å². The zero-order chi connectivity index (χ0) is 29.8. The number of aromatic nitrogens is 2. The van der Waals surface area contributed by atoms with E-state index in [1.54, 1.807) is 43.6 Å². The summed E-state index contributed by atoms with van der Waals surface area (Å²) in [5.41, 5.74) is 3.12. The molecule has 0 aliphatic carbocycles. The fraction of sp³-hybridized carbons (Fsp3) is 0.286. The van der Waals surface area contributed by atoms with Crippen molar-refractivity contribution in [2.45, 2.75) is 19.6 Å². The van der Waals surface area contributed by atoms with Crippen molar-refractivity contribution in [1.29, 1.82) is 0 Å². The van der Waals surface area contributed by atoms with Crippen molar-refractivity contribution >= 4 is 52.9 Å². The third-order valence-corrected chi connectivity index (χ3v) is 7.25. The molecule has 0 saturated carbocycles. The SMILES string of the molecule is COc1nc(-c2cncc(-c3cccc(NC(=O)C4C=[N+](C)C(=O)N(C)C4=O)c3Cl)c2Cl)ccc1CNC[C@H](C)O. The predicted molar refractivity (Wildman–Crippen MR) is 155 cm³/mol. The number of nitrogens with zero attached hydrogens (tertiary/aromatic N) is 4. The molecule has 3 heterocycles. The number of carbonyl (C=O) groups is 3. The summed E-state index contributed by atoms with van der Waals surface area (Å²) in [7, 11) is 4.30. The number of hydrogen-bond acceptors (Lipinski definition) is 8. The molecule has 13 heteroatoms. The van der Waals surface area contributed by atoms with Crippen LogP contribution in [0.25, 0.3) is 22.4 Å². The van der Waals surface area contributed by atoms with E-state index in [-0.39, 0.29) is 10.7 Å². The van der Waals surface area contributed by atoms with Crippen LogP contribution in [0.5, 0.6) is 5.88 Å². The average molecular weight is 600 g/mol. The standard InChI is InChI=1S/C28H28Cl2N6O5/c1-15(37)10-31-11-16-8-9-21(34-26(16)41-4)19-13-32-12-18(23(19)29)17-6-5-7-22(24(17)30)33-25(38)20-14-35(2)28(40)36(3)27(20)39/h5-9,12-15,20,31,37H,10-11H2,1-4H3/p+1/t15-,20?/m0/s1. The van der Waals surface area contributed by atoms with Gasteiger partial charge in [-0.3, -0.25) is 9.78 Å². The molecular weight excluding hydrogens is 571 g/mol. The second-order valence-electron chi connectivity index (χ2n) is 9.47. The number of aliphatic hydroxyl groups excluding tert-OH is 1. The molecule has 0 fully saturated rings. The van der Waals surface area contributed by atoms with Gasteiger partial charge in [0.05, 0.1) is 55.0 Å². The molecule has 3 N–H and O–H groups in total. The molecule has 4 amide bonds. The van der Waals surface area contributed by atoms with Gasteiger partial charge in [-0.2, -0.15) is 9.69 Å². The maximum Gasteiger partial charge on any atom is 0.499 e. The maximum atomic E-state index is 13.0. The van der Waals surface area contributed by atoms with Crippen LogP contribution in [0.2, 0.25) is 10.0 Å². The largest absolute Gasteiger partial charge is 0.499 e. The van der Waals surface area contributed by atoms with E-state index in [0.717, 1.165) is 10.5 Å². The fourth-order valence-corrected chi connectivity index (χ4v) is 4.85. The zero-order valence-corrected chi connectivity index (χ0v) is 24.3. The minimum absolute atomic E-state index is 0.188. The molecular formula is C28H29Cl2N6O5+. The third kappa shape index (κ3) is 6.38. The quantitative estimate of drug-likeness (QED) is 0.251. The van der Waals surface area contributed by atoms with Crippen molar-refractivity contribution in [2.24, 2.45) is 5.92 Å². The molecule has 11 nitrogen and oxygen atoms in total. The molecule has 0 spiro atoms. The Morgan fingerprint density at radius 2 is 1.88 bits per heavy atom. The van der Waals surface area contributed by atoms with Gasteiger partial charge >= 0.3 is 11.9 Å². The van der Waals surface area contributed by atoms with Gasteiger partial charge in [0.15, 0.2) is 5.92 Å². The second-order valence-corrected chi connectivity index (χ2v) is 10.2. The van der Waals surface area contributed by atoms with Crippen LogP contribution in [0.1, 0.15) is 12.5 Å². The number of pyridine rings is 2.